The van der Waals surface area contributed by atoms with Gasteiger partial charge in [-0.15, -0.1) is 0 Å². The minimum Gasteiger partial charge on any atom is -0.480 e. The highest BCUT2D eigenvalue weighted by Gasteiger charge is 2.40. The molecule has 0 aromatic rings. The molecule has 1 saturated heterocycles. The third-order valence-electron chi connectivity index (χ3n) is 4.06. The lowest BCUT2D eigenvalue weighted by Gasteiger charge is -2.31. The Morgan fingerprint density at radius 1 is 1.47 bits per heavy atom. The van der Waals surface area contributed by atoms with Crippen molar-refractivity contribution in [1.29, 1.82) is 0 Å². The summed E-state index contributed by atoms with van der Waals surface area (Å²) in [7, 11) is 0. The molecule has 2 aliphatic rings. The summed E-state index contributed by atoms with van der Waals surface area (Å²) in [6.07, 6.45) is 4.67. The lowest BCUT2D eigenvalue weighted by molar-refractivity contribution is -0.145. The number of likely N-dealkylation sites (tertiary alicyclic amines) is 1. The molecule has 1 aliphatic heterocycles. The Bertz CT molecular complexity index is 291. The topological polar surface area (TPSA) is 52.6 Å². The lowest BCUT2D eigenvalue weighted by atomic mass is 10.0. The quantitative estimate of drug-likeness (QED) is 0.735. The van der Waals surface area contributed by atoms with E-state index in [-0.39, 0.29) is 0 Å². The first-order valence-corrected chi connectivity index (χ1v) is 6.77. The van der Waals surface area contributed by atoms with E-state index < -0.39 is 11.5 Å². The summed E-state index contributed by atoms with van der Waals surface area (Å²) in [5.41, 5.74) is -0.774. The SMILES string of the molecule is CCC1CCN(CC(C)(NC2CC2)C(=O)O)C1. The highest BCUT2D eigenvalue weighted by Crippen LogP contribution is 2.25. The van der Waals surface area contributed by atoms with Crippen molar-refractivity contribution >= 4 is 5.97 Å². The van der Waals surface area contributed by atoms with Crippen molar-refractivity contribution in [2.75, 3.05) is 19.6 Å². The van der Waals surface area contributed by atoms with E-state index in [1.54, 1.807) is 0 Å². The molecule has 2 unspecified atom stereocenters. The van der Waals surface area contributed by atoms with Crippen LogP contribution >= 0.6 is 0 Å². The summed E-state index contributed by atoms with van der Waals surface area (Å²) in [5, 5.41) is 12.7. The van der Waals surface area contributed by atoms with Gasteiger partial charge in [0.05, 0.1) is 0 Å². The minimum atomic E-state index is -0.774. The van der Waals surface area contributed by atoms with Crippen LogP contribution in [-0.2, 0) is 4.79 Å². The molecule has 4 nitrogen and oxygen atoms in total. The first-order chi connectivity index (χ1) is 8.03. The Labute approximate surface area is 103 Å². The Morgan fingerprint density at radius 3 is 2.65 bits per heavy atom. The van der Waals surface area contributed by atoms with Gasteiger partial charge in [-0.3, -0.25) is 10.1 Å². The first kappa shape index (κ1) is 12.8. The highest BCUT2D eigenvalue weighted by molar-refractivity contribution is 5.78. The van der Waals surface area contributed by atoms with E-state index in [1.165, 1.54) is 12.8 Å². The number of hydrogen-bond donors (Lipinski definition) is 2. The van der Waals surface area contributed by atoms with Gasteiger partial charge in [-0.25, -0.2) is 0 Å². The summed E-state index contributed by atoms with van der Waals surface area (Å²) in [4.78, 5) is 13.7. The summed E-state index contributed by atoms with van der Waals surface area (Å²) < 4.78 is 0. The van der Waals surface area contributed by atoms with Gasteiger partial charge in [0.25, 0.3) is 0 Å². The van der Waals surface area contributed by atoms with Crippen LogP contribution in [0, 0.1) is 5.92 Å². The molecule has 1 saturated carbocycles. The molecule has 1 aliphatic carbocycles. The van der Waals surface area contributed by atoms with E-state index in [1.807, 2.05) is 6.92 Å². The zero-order valence-corrected chi connectivity index (χ0v) is 10.9. The van der Waals surface area contributed by atoms with E-state index in [4.69, 9.17) is 0 Å². The molecule has 0 spiro atoms. The largest absolute Gasteiger partial charge is 0.480 e. The maximum absolute atomic E-state index is 11.4. The van der Waals surface area contributed by atoms with Crippen molar-refractivity contribution in [1.82, 2.24) is 10.2 Å². The van der Waals surface area contributed by atoms with Crippen LogP contribution < -0.4 is 5.32 Å². The Kier molecular flexibility index (Phi) is 3.73. The van der Waals surface area contributed by atoms with E-state index in [0.717, 1.165) is 31.8 Å². The van der Waals surface area contributed by atoms with Gasteiger partial charge in [0.15, 0.2) is 0 Å². The van der Waals surface area contributed by atoms with Crippen LogP contribution in [0.3, 0.4) is 0 Å². The van der Waals surface area contributed by atoms with Gasteiger partial charge in [0.1, 0.15) is 5.54 Å². The van der Waals surface area contributed by atoms with E-state index in [9.17, 15) is 9.90 Å². The van der Waals surface area contributed by atoms with Crippen LogP contribution in [0.1, 0.15) is 39.5 Å². The summed E-state index contributed by atoms with van der Waals surface area (Å²) >= 11 is 0. The summed E-state index contributed by atoms with van der Waals surface area (Å²) in [5.74, 6) is 0.0401. The Morgan fingerprint density at radius 2 is 2.18 bits per heavy atom. The third-order valence-corrected chi connectivity index (χ3v) is 4.06. The first-order valence-electron chi connectivity index (χ1n) is 6.77. The zero-order valence-electron chi connectivity index (χ0n) is 10.9. The second-order valence-electron chi connectivity index (χ2n) is 5.85. The predicted octanol–water partition coefficient (Wildman–Crippen LogP) is 1.31. The summed E-state index contributed by atoms with van der Waals surface area (Å²) in [6.45, 7) is 6.79. The van der Waals surface area contributed by atoms with Crippen LogP contribution in [0.2, 0.25) is 0 Å². The summed E-state index contributed by atoms with van der Waals surface area (Å²) in [6, 6.07) is 0.431. The van der Waals surface area contributed by atoms with Gasteiger partial charge in [0.2, 0.25) is 0 Å². The van der Waals surface area contributed by atoms with E-state index in [2.05, 4.69) is 17.1 Å². The monoisotopic (exact) mass is 240 g/mol. The van der Waals surface area contributed by atoms with Crippen molar-refractivity contribution < 1.29 is 9.90 Å². The molecule has 17 heavy (non-hydrogen) atoms. The van der Waals surface area contributed by atoms with Crippen molar-refractivity contribution in [3.05, 3.63) is 0 Å². The zero-order chi connectivity index (χ0) is 12.5. The molecule has 1 heterocycles. The maximum atomic E-state index is 11.4. The van der Waals surface area contributed by atoms with Crippen molar-refractivity contribution in [3.63, 3.8) is 0 Å². The molecule has 98 valence electrons. The number of nitrogens with zero attached hydrogens (tertiary/aromatic N) is 1. The number of carbonyl (C=O) groups is 1. The standard InChI is InChI=1S/C13H24N2O2/c1-3-10-6-7-15(8-10)9-13(2,12(16)17)14-11-4-5-11/h10-11,14H,3-9H2,1-2H3,(H,16,17). The van der Waals surface area contributed by atoms with Gasteiger partial charge in [-0.05, 0) is 38.6 Å². The molecule has 0 radical (unpaired) electrons. The Balaban J connectivity index is 1.90. The van der Waals surface area contributed by atoms with Crippen LogP contribution in [0.15, 0.2) is 0 Å². The average molecular weight is 240 g/mol. The third kappa shape index (κ3) is 3.19. The fraction of sp³-hybridized carbons (Fsp3) is 0.923. The molecule has 0 aromatic heterocycles. The lowest BCUT2D eigenvalue weighted by Crippen LogP contribution is -2.57. The number of nitrogens with one attached hydrogen (secondary N) is 1. The molecule has 2 N–H and O–H groups in total. The van der Waals surface area contributed by atoms with Crippen LogP contribution in [0.4, 0.5) is 0 Å². The number of hydrogen-bond acceptors (Lipinski definition) is 3. The van der Waals surface area contributed by atoms with Gasteiger partial charge in [-0.1, -0.05) is 13.3 Å². The predicted molar refractivity (Wildman–Crippen MR) is 67.0 cm³/mol. The second kappa shape index (κ2) is 4.94. The minimum absolute atomic E-state index is 0.431. The fourth-order valence-corrected chi connectivity index (χ4v) is 2.69. The highest BCUT2D eigenvalue weighted by atomic mass is 16.4. The fourth-order valence-electron chi connectivity index (χ4n) is 2.69. The molecule has 0 amide bonds. The van der Waals surface area contributed by atoms with Gasteiger partial charge < -0.3 is 10.0 Å². The molecule has 0 aromatic carbocycles. The van der Waals surface area contributed by atoms with Crippen LogP contribution in [-0.4, -0.2) is 47.2 Å². The molecular formula is C13H24N2O2. The number of aliphatic carboxylic acids is 1. The van der Waals surface area contributed by atoms with E-state index >= 15 is 0 Å². The van der Waals surface area contributed by atoms with Crippen molar-refractivity contribution in [2.45, 2.75) is 51.1 Å². The van der Waals surface area contributed by atoms with Gasteiger partial charge in [0, 0.05) is 19.1 Å². The molecule has 0 bridgehead atoms. The number of carboxylic acids is 1. The molecular weight excluding hydrogens is 216 g/mol. The average Bonchev–Trinajstić information content (AvgIpc) is 2.95. The molecule has 2 fully saturated rings. The van der Waals surface area contributed by atoms with Crippen LogP contribution in [0.25, 0.3) is 0 Å². The smallest absolute Gasteiger partial charge is 0.324 e. The van der Waals surface area contributed by atoms with Gasteiger partial charge in [-0.2, -0.15) is 0 Å². The maximum Gasteiger partial charge on any atom is 0.324 e. The molecule has 2 rings (SSSR count). The molecule has 2 atom stereocenters. The Hall–Kier alpha value is -0.610. The van der Waals surface area contributed by atoms with Crippen molar-refractivity contribution in [2.24, 2.45) is 5.92 Å². The second-order valence-corrected chi connectivity index (χ2v) is 5.85. The normalized spacial score (nSPS) is 29.2. The van der Waals surface area contributed by atoms with Crippen molar-refractivity contribution in [3.8, 4) is 0 Å². The van der Waals surface area contributed by atoms with Gasteiger partial charge >= 0.3 is 5.97 Å². The molecule has 4 heteroatoms. The number of rotatable bonds is 6. The number of carboxylic acid groups (broad SMARTS) is 1. The van der Waals surface area contributed by atoms with Crippen LogP contribution in [0.5, 0.6) is 0 Å². The van der Waals surface area contributed by atoms with E-state index in [0.29, 0.717) is 12.6 Å².